The average Bonchev–Trinajstić information content (AvgIpc) is 2.28. The largest absolute Gasteiger partial charge is 0.410 e. The van der Waals surface area contributed by atoms with Crippen LogP contribution in [0.3, 0.4) is 0 Å². The van der Waals surface area contributed by atoms with Gasteiger partial charge in [0.1, 0.15) is 0 Å². The fourth-order valence-corrected chi connectivity index (χ4v) is 4.06. The lowest BCUT2D eigenvalue weighted by molar-refractivity contribution is 0.132. The van der Waals surface area contributed by atoms with E-state index in [9.17, 15) is 0 Å². The molecule has 0 unspecified atom stereocenters. The molecule has 0 bridgehead atoms. The molecule has 0 saturated heterocycles. The quantitative estimate of drug-likeness (QED) is 0.435. The normalized spacial score (nSPS) is 21.4. The van der Waals surface area contributed by atoms with Gasteiger partial charge in [-0.3, -0.25) is 0 Å². The fraction of sp³-hybridized carbons (Fsp3) is 0.867. The second-order valence-electron chi connectivity index (χ2n) is 7.06. The summed E-state index contributed by atoms with van der Waals surface area (Å²) in [6.45, 7) is 11.7. The van der Waals surface area contributed by atoms with Crippen molar-refractivity contribution in [2.45, 2.75) is 77.1 Å². The molecule has 18 heavy (non-hydrogen) atoms. The minimum atomic E-state index is -1.64. The van der Waals surface area contributed by atoms with E-state index in [2.05, 4.69) is 66.6 Å². The van der Waals surface area contributed by atoms with Gasteiger partial charge < -0.3 is 4.43 Å². The summed E-state index contributed by atoms with van der Waals surface area (Å²) >= 11 is 2.33. The molecule has 0 radical (unpaired) electrons. The summed E-state index contributed by atoms with van der Waals surface area (Å²) in [6, 6.07) is 0. The zero-order chi connectivity index (χ0) is 13.8. The maximum Gasteiger partial charge on any atom is 0.192 e. The number of rotatable bonds is 4. The van der Waals surface area contributed by atoms with E-state index < -0.39 is 8.32 Å². The minimum absolute atomic E-state index is 0.305. The van der Waals surface area contributed by atoms with Crippen molar-refractivity contribution in [3.8, 4) is 0 Å². The molecule has 1 fully saturated rings. The van der Waals surface area contributed by atoms with Gasteiger partial charge in [-0.15, -0.1) is 0 Å². The van der Waals surface area contributed by atoms with Gasteiger partial charge in [0.25, 0.3) is 0 Å². The molecule has 0 aliphatic heterocycles. The monoisotopic (exact) mass is 380 g/mol. The molecular weight excluding hydrogens is 351 g/mol. The molecule has 3 heteroatoms. The second-order valence-corrected chi connectivity index (χ2v) is 12.5. The van der Waals surface area contributed by atoms with Crippen molar-refractivity contribution in [3.63, 3.8) is 0 Å². The summed E-state index contributed by atoms with van der Waals surface area (Å²) in [7, 11) is -1.64. The zero-order valence-corrected chi connectivity index (χ0v) is 15.8. The van der Waals surface area contributed by atoms with Gasteiger partial charge in [-0.2, -0.15) is 0 Å². The van der Waals surface area contributed by atoms with Crippen molar-refractivity contribution < 1.29 is 4.43 Å². The van der Waals surface area contributed by atoms with Crippen LogP contribution in [0.5, 0.6) is 0 Å². The lowest BCUT2D eigenvalue weighted by Gasteiger charge is -2.41. The van der Waals surface area contributed by atoms with Crippen molar-refractivity contribution in [2.24, 2.45) is 5.92 Å². The van der Waals surface area contributed by atoms with E-state index in [-0.39, 0.29) is 0 Å². The molecule has 1 saturated carbocycles. The van der Waals surface area contributed by atoms with E-state index in [4.69, 9.17) is 4.43 Å². The first-order chi connectivity index (χ1) is 8.28. The maximum atomic E-state index is 6.63. The molecule has 0 aromatic carbocycles. The first-order valence-corrected chi connectivity index (χ1v) is 11.4. The van der Waals surface area contributed by atoms with Crippen LogP contribution < -0.4 is 0 Å². The zero-order valence-electron chi connectivity index (χ0n) is 12.6. The summed E-state index contributed by atoms with van der Waals surface area (Å²) in [6.07, 6.45) is 9.52. The summed E-state index contributed by atoms with van der Waals surface area (Å²) in [5, 5.41) is 0.305. The Labute approximate surface area is 128 Å². The topological polar surface area (TPSA) is 9.23 Å². The number of hydrogen-bond donors (Lipinski definition) is 0. The maximum absolute atomic E-state index is 6.63. The van der Waals surface area contributed by atoms with E-state index >= 15 is 0 Å². The van der Waals surface area contributed by atoms with Gasteiger partial charge in [-0.1, -0.05) is 68.7 Å². The highest BCUT2D eigenvalue weighted by atomic mass is 127. The standard InChI is InChI=1S/C15H29IOSi/c1-15(2,3)18(4,5)17-14(11-12-16)13-9-7-6-8-10-13/h11-14H,6-10H2,1-5H3/b12-11+/t14-/m1/s1. The number of hydrogen-bond acceptors (Lipinski definition) is 1. The van der Waals surface area contributed by atoms with Gasteiger partial charge in [0.05, 0.1) is 6.10 Å². The van der Waals surface area contributed by atoms with Crippen molar-refractivity contribution in [1.29, 1.82) is 0 Å². The van der Waals surface area contributed by atoms with Gasteiger partial charge in [0.15, 0.2) is 8.32 Å². The molecule has 1 aliphatic rings. The lowest BCUT2D eigenvalue weighted by Crippen LogP contribution is -2.45. The Morgan fingerprint density at radius 2 is 1.72 bits per heavy atom. The Morgan fingerprint density at radius 1 is 1.17 bits per heavy atom. The Kier molecular flexibility index (Phi) is 6.39. The highest BCUT2D eigenvalue weighted by Gasteiger charge is 2.40. The van der Waals surface area contributed by atoms with Crippen molar-refractivity contribution in [1.82, 2.24) is 0 Å². The van der Waals surface area contributed by atoms with E-state index in [0.717, 1.165) is 5.92 Å². The van der Waals surface area contributed by atoms with E-state index in [1.54, 1.807) is 0 Å². The summed E-state index contributed by atoms with van der Waals surface area (Å²) in [4.78, 5) is 0. The second kappa shape index (κ2) is 6.89. The van der Waals surface area contributed by atoms with Gasteiger partial charge >= 0.3 is 0 Å². The molecule has 1 atom stereocenters. The van der Waals surface area contributed by atoms with Crippen LogP contribution in [0.25, 0.3) is 0 Å². The molecule has 0 amide bonds. The predicted molar refractivity (Wildman–Crippen MR) is 91.8 cm³/mol. The van der Waals surface area contributed by atoms with E-state index in [0.29, 0.717) is 11.1 Å². The molecule has 0 N–H and O–H groups in total. The first-order valence-electron chi connectivity index (χ1n) is 7.22. The van der Waals surface area contributed by atoms with Crippen molar-refractivity contribution >= 4 is 30.9 Å². The van der Waals surface area contributed by atoms with Crippen LogP contribution in [0.2, 0.25) is 18.1 Å². The highest BCUT2D eigenvalue weighted by molar-refractivity contribution is 14.1. The summed E-state index contributed by atoms with van der Waals surface area (Å²) in [5.74, 6) is 0.749. The van der Waals surface area contributed by atoms with Crippen LogP contribution in [0, 0.1) is 5.92 Å². The van der Waals surface area contributed by atoms with E-state index in [1.807, 2.05) is 0 Å². The molecule has 106 valence electrons. The van der Waals surface area contributed by atoms with Crippen LogP contribution in [0.4, 0.5) is 0 Å². The van der Waals surface area contributed by atoms with Crippen molar-refractivity contribution in [3.05, 3.63) is 10.2 Å². The van der Waals surface area contributed by atoms with Gasteiger partial charge in [-0.05, 0) is 41.0 Å². The Balaban J connectivity index is 2.73. The molecule has 1 rings (SSSR count). The SMILES string of the molecule is CC(C)(C)[Si](C)(C)O[C@H](/C=C/I)C1CCCCC1. The molecule has 0 aromatic rings. The predicted octanol–water partition coefficient (Wildman–Crippen LogP) is 5.91. The smallest absolute Gasteiger partial charge is 0.192 e. The fourth-order valence-electron chi connectivity index (χ4n) is 2.34. The van der Waals surface area contributed by atoms with Crippen LogP contribution in [-0.2, 0) is 4.43 Å². The Hall–Kier alpha value is 0.647. The third-order valence-corrected chi connectivity index (χ3v) is 9.50. The summed E-state index contributed by atoms with van der Waals surface area (Å²) in [5.41, 5.74) is 0. The third kappa shape index (κ3) is 4.64. The molecule has 0 spiro atoms. The van der Waals surface area contributed by atoms with Gasteiger partial charge in [0.2, 0.25) is 0 Å². The van der Waals surface area contributed by atoms with Crippen LogP contribution in [0.15, 0.2) is 10.2 Å². The number of halogens is 1. The van der Waals surface area contributed by atoms with Crippen LogP contribution in [0.1, 0.15) is 52.9 Å². The van der Waals surface area contributed by atoms with Gasteiger partial charge in [-0.25, -0.2) is 0 Å². The molecular formula is C15H29IOSi. The summed E-state index contributed by atoms with van der Waals surface area (Å²) < 4.78 is 8.77. The lowest BCUT2D eigenvalue weighted by atomic mass is 9.85. The van der Waals surface area contributed by atoms with Gasteiger partial charge in [0, 0.05) is 0 Å². The van der Waals surface area contributed by atoms with Crippen molar-refractivity contribution in [2.75, 3.05) is 0 Å². The molecule has 1 nitrogen and oxygen atoms in total. The highest BCUT2D eigenvalue weighted by Crippen LogP contribution is 2.40. The average molecular weight is 380 g/mol. The molecule has 0 aromatic heterocycles. The van der Waals surface area contributed by atoms with Crippen LogP contribution in [-0.4, -0.2) is 14.4 Å². The first kappa shape index (κ1) is 16.7. The minimum Gasteiger partial charge on any atom is -0.410 e. The van der Waals surface area contributed by atoms with E-state index in [1.165, 1.54) is 32.1 Å². The third-order valence-electron chi connectivity index (χ3n) is 4.61. The van der Waals surface area contributed by atoms with Crippen LogP contribution >= 0.6 is 22.6 Å². The molecule has 1 aliphatic carbocycles. The Bertz CT molecular complexity index is 275. The Morgan fingerprint density at radius 3 is 2.17 bits per heavy atom. The molecule has 0 heterocycles.